The van der Waals surface area contributed by atoms with Crippen LogP contribution in [-0.2, 0) is 18.0 Å². The third kappa shape index (κ3) is 3.84. The van der Waals surface area contributed by atoms with Crippen molar-refractivity contribution < 1.29 is 4.84 Å². The van der Waals surface area contributed by atoms with Gasteiger partial charge >= 0.3 is 0 Å². The van der Waals surface area contributed by atoms with Gasteiger partial charge in [-0.25, -0.2) is 0 Å². The smallest absolute Gasteiger partial charge is 0.0933 e. The zero-order valence-corrected chi connectivity index (χ0v) is 11.1. The summed E-state index contributed by atoms with van der Waals surface area (Å²) in [4.78, 5) is 5.43. The van der Waals surface area contributed by atoms with Gasteiger partial charge in [0.05, 0.1) is 6.61 Å². The Morgan fingerprint density at radius 3 is 2.61 bits per heavy atom. The van der Waals surface area contributed by atoms with Crippen LogP contribution in [0.15, 0.2) is 48.5 Å². The molecule has 0 amide bonds. The average molecular weight is 262 g/mol. The average Bonchev–Trinajstić information content (AvgIpc) is 2.38. The van der Waals surface area contributed by atoms with Crippen molar-refractivity contribution in [3.05, 3.63) is 70.2 Å². The minimum Gasteiger partial charge on any atom is -0.297 e. The highest BCUT2D eigenvalue weighted by Crippen LogP contribution is 2.14. The minimum atomic E-state index is 0.563. The van der Waals surface area contributed by atoms with E-state index >= 15 is 0 Å². The second-order valence-corrected chi connectivity index (χ2v) is 4.60. The number of halogens is 1. The molecule has 0 unspecified atom stereocenters. The van der Waals surface area contributed by atoms with E-state index in [0.717, 1.165) is 10.6 Å². The van der Waals surface area contributed by atoms with Gasteiger partial charge in [-0.2, -0.15) is 5.48 Å². The van der Waals surface area contributed by atoms with E-state index in [2.05, 4.69) is 5.48 Å². The van der Waals surface area contributed by atoms with E-state index in [-0.39, 0.29) is 0 Å². The van der Waals surface area contributed by atoms with E-state index < -0.39 is 0 Å². The first kappa shape index (κ1) is 13.1. The summed E-state index contributed by atoms with van der Waals surface area (Å²) in [6, 6.07) is 15.9. The first-order valence-electron chi connectivity index (χ1n) is 5.89. The predicted octanol–water partition coefficient (Wildman–Crippen LogP) is 3.87. The first-order chi connectivity index (χ1) is 8.75. The summed E-state index contributed by atoms with van der Waals surface area (Å²) in [5.74, 6) is 0. The van der Waals surface area contributed by atoms with Gasteiger partial charge < -0.3 is 0 Å². The summed E-state index contributed by atoms with van der Waals surface area (Å²) in [5.41, 5.74) is 6.47. The van der Waals surface area contributed by atoms with Crippen LogP contribution in [0.5, 0.6) is 0 Å². The van der Waals surface area contributed by atoms with E-state index in [4.69, 9.17) is 16.4 Å². The molecule has 0 aliphatic carbocycles. The molecule has 0 spiro atoms. The molecule has 0 aromatic heterocycles. The van der Waals surface area contributed by atoms with Gasteiger partial charge in [-0.3, -0.25) is 4.84 Å². The molecule has 0 radical (unpaired) electrons. The number of benzene rings is 2. The van der Waals surface area contributed by atoms with Crippen molar-refractivity contribution in [3.63, 3.8) is 0 Å². The molecule has 0 heterocycles. The molecule has 0 saturated carbocycles. The molecule has 0 aliphatic rings. The molecule has 2 aromatic carbocycles. The SMILES string of the molecule is Cc1cc(Cl)ccc1CNOCc1ccccc1. The Labute approximate surface area is 113 Å². The van der Waals surface area contributed by atoms with Gasteiger partial charge in [0.2, 0.25) is 0 Å². The summed E-state index contributed by atoms with van der Waals surface area (Å²) >= 11 is 5.91. The molecular formula is C15H16ClNO. The molecular weight excluding hydrogens is 246 g/mol. The van der Waals surface area contributed by atoms with E-state index in [0.29, 0.717) is 13.2 Å². The number of hydroxylamine groups is 1. The van der Waals surface area contributed by atoms with Crippen molar-refractivity contribution in [2.75, 3.05) is 0 Å². The second-order valence-electron chi connectivity index (χ2n) is 4.17. The maximum atomic E-state index is 5.91. The van der Waals surface area contributed by atoms with Gasteiger partial charge in [0.15, 0.2) is 0 Å². The first-order valence-corrected chi connectivity index (χ1v) is 6.27. The van der Waals surface area contributed by atoms with Crippen LogP contribution in [0, 0.1) is 6.92 Å². The molecule has 2 rings (SSSR count). The van der Waals surface area contributed by atoms with Crippen molar-refractivity contribution in [1.29, 1.82) is 0 Å². The molecule has 18 heavy (non-hydrogen) atoms. The zero-order valence-electron chi connectivity index (χ0n) is 10.3. The molecule has 0 fully saturated rings. The Hall–Kier alpha value is -1.35. The number of hydrogen-bond donors (Lipinski definition) is 1. The van der Waals surface area contributed by atoms with Crippen LogP contribution in [0.2, 0.25) is 5.02 Å². The molecule has 0 bridgehead atoms. The molecule has 1 N–H and O–H groups in total. The topological polar surface area (TPSA) is 21.3 Å². The number of aryl methyl sites for hydroxylation is 1. The third-order valence-corrected chi connectivity index (χ3v) is 2.99. The lowest BCUT2D eigenvalue weighted by molar-refractivity contribution is 0.0234. The second kappa shape index (κ2) is 6.55. The van der Waals surface area contributed by atoms with Crippen LogP contribution in [-0.4, -0.2) is 0 Å². The predicted molar refractivity (Wildman–Crippen MR) is 74.3 cm³/mol. The van der Waals surface area contributed by atoms with Crippen LogP contribution in [0.4, 0.5) is 0 Å². The minimum absolute atomic E-state index is 0.563. The highest BCUT2D eigenvalue weighted by Gasteiger charge is 1.99. The number of nitrogens with one attached hydrogen (secondary N) is 1. The molecule has 0 atom stereocenters. The van der Waals surface area contributed by atoms with Crippen LogP contribution >= 0.6 is 11.6 Å². The Kier molecular flexibility index (Phi) is 4.76. The van der Waals surface area contributed by atoms with Gasteiger partial charge in [0.25, 0.3) is 0 Å². The van der Waals surface area contributed by atoms with Crippen molar-refractivity contribution in [2.45, 2.75) is 20.1 Å². The lowest BCUT2D eigenvalue weighted by Gasteiger charge is -2.08. The van der Waals surface area contributed by atoms with Crippen molar-refractivity contribution >= 4 is 11.6 Å². The van der Waals surface area contributed by atoms with E-state index in [9.17, 15) is 0 Å². The highest BCUT2D eigenvalue weighted by atomic mass is 35.5. The van der Waals surface area contributed by atoms with Crippen molar-refractivity contribution in [2.24, 2.45) is 0 Å². The Balaban J connectivity index is 1.79. The fourth-order valence-electron chi connectivity index (χ4n) is 1.70. The summed E-state index contributed by atoms with van der Waals surface area (Å²) in [6.07, 6.45) is 0. The van der Waals surface area contributed by atoms with Crippen molar-refractivity contribution in [3.8, 4) is 0 Å². The Morgan fingerprint density at radius 1 is 1.11 bits per heavy atom. The van der Waals surface area contributed by atoms with Crippen LogP contribution in [0.1, 0.15) is 16.7 Å². The van der Waals surface area contributed by atoms with E-state index in [1.54, 1.807) is 0 Å². The van der Waals surface area contributed by atoms with Crippen LogP contribution < -0.4 is 5.48 Å². The van der Waals surface area contributed by atoms with Gasteiger partial charge in [0.1, 0.15) is 0 Å². The highest BCUT2D eigenvalue weighted by molar-refractivity contribution is 6.30. The molecule has 0 aliphatic heterocycles. The molecule has 3 heteroatoms. The molecule has 2 nitrogen and oxygen atoms in total. The molecule has 0 saturated heterocycles. The maximum Gasteiger partial charge on any atom is 0.0933 e. The lowest BCUT2D eigenvalue weighted by Crippen LogP contribution is -2.14. The summed E-state index contributed by atoms with van der Waals surface area (Å²) < 4.78 is 0. The third-order valence-electron chi connectivity index (χ3n) is 2.75. The van der Waals surface area contributed by atoms with Gasteiger partial charge in [-0.15, -0.1) is 0 Å². The van der Waals surface area contributed by atoms with Gasteiger partial charge in [-0.1, -0.05) is 48.0 Å². The van der Waals surface area contributed by atoms with Crippen molar-refractivity contribution in [1.82, 2.24) is 5.48 Å². The fraction of sp³-hybridized carbons (Fsp3) is 0.200. The van der Waals surface area contributed by atoms with Gasteiger partial charge in [-0.05, 0) is 35.7 Å². The number of rotatable bonds is 5. The summed E-state index contributed by atoms with van der Waals surface area (Å²) in [5, 5.41) is 0.765. The number of hydrogen-bond acceptors (Lipinski definition) is 2. The largest absolute Gasteiger partial charge is 0.297 e. The zero-order chi connectivity index (χ0) is 12.8. The normalized spacial score (nSPS) is 10.6. The van der Waals surface area contributed by atoms with E-state index in [1.165, 1.54) is 11.1 Å². The Morgan fingerprint density at radius 2 is 1.89 bits per heavy atom. The maximum absolute atomic E-state index is 5.91. The quantitative estimate of drug-likeness (QED) is 0.652. The van der Waals surface area contributed by atoms with E-state index in [1.807, 2.05) is 55.5 Å². The molecule has 2 aromatic rings. The summed E-state index contributed by atoms with van der Waals surface area (Å²) in [6.45, 7) is 3.28. The van der Waals surface area contributed by atoms with Crippen LogP contribution in [0.3, 0.4) is 0 Å². The standard InChI is InChI=1S/C15H16ClNO/c1-12-9-15(16)8-7-14(12)10-17-18-11-13-5-3-2-4-6-13/h2-9,17H,10-11H2,1H3. The van der Waals surface area contributed by atoms with Gasteiger partial charge in [0, 0.05) is 11.6 Å². The monoisotopic (exact) mass is 261 g/mol. The summed E-state index contributed by atoms with van der Waals surface area (Å²) in [7, 11) is 0. The molecule has 94 valence electrons. The van der Waals surface area contributed by atoms with Crippen LogP contribution in [0.25, 0.3) is 0 Å². The Bertz CT molecular complexity index is 499. The fourth-order valence-corrected chi connectivity index (χ4v) is 1.92. The lowest BCUT2D eigenvalue weighted by atomic mass is 10.1.